The third-order valence-electron chi connectivity index (χ3n) is 5.18. The summed E-state index contributed by atoms with van der Waals surface area (Å²) in [6.07, 6.45) is 5.43. The van der Waals surface area contributed by atoms with Gasteiger partial charge < -0.3 is 4.90 Å². The molecule has 0 saturated carbocycles. The fourth-order valence-electron chi connectivity index (χ4n) is 3.84. The first-order chi connectivity index (χ1) is 11.2. The van der Waals surface area contributed by atoms with E-state index < -0.39 is 5.95 Å². The minimum Gasteiger partial charge on any atom is -0.303 e. The van der Waals surface area contributed by atoms with E-state index >= 15 is 0 Å². The number of benzene rings is 1. The zero-order valence-electron chi connectivity index (χ0n) is 13.3. The molecule has 0 bridgehead atoms. The third-order valence-corrected chi connectivity index (χ3v) is 6.43. The number of pyridine rings is 1. The normalized spacial score (nSPS) is 24.1. The van der Waals surface area contributed by atoms with Gasteiger partial charge in [-0.2, -0.15) is 4.39 Å². The minimum atomic E-state index is -0.415. The van der Waals surface area contributed by atoms with Crippen molar-refractivity contribution >= 4 is 11.8 Å². The van der Waals surface area contributed by atoms with E-state index in [1.165, 1.54) is 54.3 Å². The molecule has 2 aliphatic rings. The monoisotopic (exact) mass is 328 g/mol. The van der Waals surface area contributed by atoms with Crippen molar-refractivity contribution < 1.29 is 4.39 Å². The zero-order valence-corrected chi connectivity index (χ0v) is 14.2. The second kappa shape index (κ2) is 6.25. The lowest BCUT2D eigenvalue weighted by atomic mass is 9.91. The van der Waals surface area contributed by atoms with Gasteiger partial charge in [0.15, 0.2) is 0 Å². The van der Waals surface area contributed by atoms with Crippen LogP contribution >= 0.6 is 11.8 Å². The van der Waals surface area contributed by atoms with Crippen molar-refractivity contribution in [2.45, 2.75) is 36.1 Å². The van der Waals surface area contributed by atoms with Crippen molar-refractivity contribution in [1.82, 2.24) is 9.88 Å². The van der Waals surface area contributed by atoms with Gasteiger partial charge in [-0.3, -0.25) is 0 Å². The van der Waals surface area contributed by atoms with Crippen LogP contribution in [0.1, 0.15) is 30.7 Å². The summed E-state index contributed by atoms with van der Waals surface area (Å²) in [4.78, 5) is 7.56. The van der Waals surface area contributed by atoms with Gasteiger partial charge in [0.2, 0.25) is 5.95 Å². The Balaban J connectivity index is 1.61. The van der Waals surface area contributed by atoms with Gasteiger partial charge in [-0.15, -0.1) is 11.8 Å². The number of likely N-dealkylation sites (tertiary alicyclic amines) is 1. The zero-order chi connectivity index (χ0) is 15.8. The largest absolute Gasteiger partial charge is 0.303 e. The minimum absolute atomic E-state index is 0.415. The molecule has 4 rings (SSSR count). The molecule has 2 atom stereocenters. The van der Waals surface area contributed by atoms with Crippen LogP contribution in [0, 0.1) is 5.95 Å². The first-order valence-corrected chi connectivity index (χ1v) is 9.28. The fourth-order valence-corrected chi connectivity index (χ4v) is 5.09. The number of rotatable bonds is 3. The molecular weight excluding hydrogens is 307 g/mol. The molecule has 0 aliphatic carbocycles. The van der Waals surface area contributed by atoms with Crippen LogP contribution in [0.5, 0.6) is 0 Å². The van der Waals surface area contributed by atoms with Gasteiger partial charge in [-0.25, -0.2) is 4.98 Å². The molecule has 2 nitrogen and oxygen atoms in total. The highest BCUT2D eigenvalue weighted by Gasteiger charge is 2.29. The summed E-state index contributed by atoms with van der Waals surface area (Å²) in [5.74, 6) is 1.38. The molecule has 1 fully saturated rings. The molecule has 1 unspecified atom stereocenters. The average molecular weight is 328 g/mol. The third kappa shape index (κ3) is 3.02. The summed E-state index contributed by atoms with van der Waals surface area (Å²) in [6.45, 7) is 1.23. The Morgan fingerprint density at radius 1 is 1.26 bits per heavy atom. The number of aromatic nitrogens is 1. The summed E-state index contributed by atoms with van der Waals surface area (Å²) < 4.78 is 13.4. The van der Waals surface area contributed by atoms with E-state index in [-0.39, 0.29) is 0 Å². The number of thioether (sulfide) groups is 1. The topological polar surface area (TPSA) is 16.1 Å². The van der Waals surface area contributed by atoms with E-state index in [1.54, 1.807) is 0 Å². The molecule has 2 aromatic rings. The van der Waals surface area contributed by atoms with Gasteiger partial charge in [0.05, 0.1) is 0 Å². The van der Waals surface area contributed by atoms with E-state index in [0.29, 0.717) is 12.0 Å². The van der Waals surface area contributed by atoms with Crippen molar-refractivity contribution in [3.8, 4) is 11.1 Å². The molecule has 4 heteroatoms. The molecule has 120 valence electrons. The summed E-state index contributed by atoms with van der Waals surface area (Å²) in [5.41, 5.74) is 3.45. The summed E-state index contributed by atoms with van der Waals surface area (Å²) >= 11 is 1.96. The van der Waals surface area contributed by atoms with Gasteiger partial charge >= 0.3 is 0 Å². The molecule has 1 aromatic heterocycles. The van der Waals surface area contributed by atoms with Crippen molar-refractivity contribution in [2.24, 2.45) is 0 Å². The van der Waals surface area contributed by atoms with Crippen LogP contribution in [0.4, 0.5) is 4.39 Å². The molecule has 3 heterocycles. The molecule has 0 amide bonds. The summed E-state index contributed by atoms with van der Waals surface area (Å²) in [7, 11) is 2.25. The molecule has 0 spiro atoms. The Hall–Kier alpha value is -1.39. The Morgan fingerprint density at radius 3 is 2.91 bits per heavy atom. The lowest BCUT2D eigenvalue weighted by Crippen LogP contribution is -2.26. The molecule has 1 saturated heterocycles. The van der Waals surface area contributed by atoms with Gasteiger partial charge in [0.25, 0.3) is 0 Å². The SMILES string of the molecule is CN1CCC[C@@H]1CC1CSc2ccc(-c3ccnc(F)c3)cc21. The Bertz CT molecular complexity index is 718. The van der Waals surface area contributed by atoms with Crippen molar-refractivity contribution in [1.29, 1.82) is 0 Å². The van der Waals surface area contributed by atoms with Gasteiger partial charge in [0, 0.05) is 29.0 Å². The molecule has 23 heavy (non-hydrogen) atoms. The first kappa shape index (κ1) is 15.2. The predicted octanol–water partition coefficient (Wildman–Crippen LogP) is 4.56. The number of nitrogens with zero attached hydrogens (tertiary/aromatic N) is 2. The second-order valence-electron chi connectivity index (χ2n) is 6.64. The molecule has 0 N–H and O–H groups in total. The van der Waals surface area contributed by atoms with Crippen LogP contribution < -0.4 is 0 Å². The van der Waals surface area contributed by atoms with E-state index in [9.17, 15) is 4.39 Å². The smallest absolute Gasteiger partial charge is 0.213 e. The van der Waals surface area contributed by atoms with E-state index in [4.69, 9.17) is 0 Å². The maximum atomic E-state index is 13.4. The number of halogens is 1. The first-order valence-electron chi connectivity index (χ1n) is 8.29. The maximum absolute atomic E-state index is 13.4. The van der Waals surface area contributed by atoms with Crippen molar-refractivity contribution in [2.75, 3.05) is 19.3 Å². The van der Waals surface area contributed by atoms with E-state index in [0.717, 1.165) is 11.1 Å². The lowest BCUT2D eigenvalue weighted by Gasteiger charge is -2.23. The van der Waals surface area contributed by atoms with Crippen LogP contribution in [0.2, 0.25) is 0 Å². The van der Waals surface area contributed by atoms with Crippen LogP contribution in [0.25, 0.3) is 11.1 Å². The van der Waals surface area contributed by atoms with Gasteiger partial charge in [-0.1, -0.05) is 6.07 Å². The quantitative estimate of drug-likeness (QED) is 0.768. The van der Waals surface area contributed by atoms with Crippen LogP contribution in [-0.2, 0) is 0 Å². The molecular formula is C19H21FN2S. The van der Waals surface area contributed by atoms with E-state index in [2.05, 4.69) is 35.1 Å². The Kier molecular flexibility index (Phi) is 4.12. The predicted molar refractivity (Wildman–Crippen MR) is 93.4 cm³/mol. The van der Waals surface area contributed by atoms with Gasteiger partial charge in [0.1, 0.15) is 0 Å². The van der Waals surface area contributed by atoms with Gasteiger partial charge in [-0.05, 0) is 73.7 Å². The number of hydrogen-bond donors (Lipinski definition) is 0. The van der Waals surface area contributed by atoms with Crippen LogP contribution in [0.15, 0.2) is 41.4 Å². The fraction of sp³-hybridized carbons (Fsp3) is 0.421. The van der Waals surface area contributed by atoms with E-state index in [1.807, 2.05) is 17.8 Å². The van der Waals surface area contributed by atoms with Crippen LogP contribution in [0.3, 0.4) is 0 Å². The highest BCUT2D eigenvalue weighted by atomic mass is 32.2. The summed E-state index contributed by atoms with van der Waals surface area (Å²) in [6, 6.07) is 10.7. The van der Waals surface area contributed by atoms with Crippen LogP contribution in [-0.4, -0.2) is 35.3 Å². The maximum Gasteiger partial charge on any atom is 0.213 e. The number of fused-ring (bicyclic) bond motifs is 1. The number of hydrogen-bond acceptors (Lipinski definition) is 3. The second-order valence-corrected chi connectivity index (χ2v) is 7.70. The average Bonchev–Trinajstić information content (AvgIpc) is 3.14. The van der Waals surface area contributed by atoms with Crippen molar-refractivity contribution in [3.05, 3.63) is 48.0 Å². The highest BCUT2D eigenvalue weighted by molar-refractivity contribution is 7.99. The highest BCUT2D eigenvalue weighted by Crippen LogP contribution is 2.44. The van der Waals surface area contributed by atoms with Crippen molar-refractivity contribution in [3.63, 3.8) is 0 Å². The lowest BCUT2D eigenvalue weighted by molar-refractivity contribution is 0.286. The molecule has 2 aliphatic heterocycles. The molecule has 0 radical (unpaired) electrons. The molecule has 1 aromatic carbocycles. The standard InChI is InChI=1S/C19H21FN2S/c1-22-8-2-3-16(22)9-15-12-23-18-5-4-13(10-17(15)18)14-6-7-21-19(20)11-14/h4-7,10-11,15-16H,2-3,8-9,12H2,1H3/t15?,16-/m1/s1. The Morgan fingerprint density at radius 2 is 2.13 bits per heavy atom. The Labute approximate surface area is 141 Å². The summed E-state index contributed by atoms with van der Waals surface area (Å²) in [5, 5.41) is 0.